The lowest BCUT2D eigenvalue weighted by Crippen LogP contribution is -2.44. The Kier molecular flexibility index (Phi) is 4.56. The van der Waals surface area contributed by atoms with Crippen LogP contribution in [0.4, 0.5) is 5.82 Å². The topological polar surface area (TPSA) is 102 Å². The second kappa shape index (κ2) is 6.21. The van der Waals surface area contributed by atoms with Crippen LogP contribution < -0.4 is 0 Å². The van der Waals surface area contributed by atoms with Crippen LogP contribution in [0, 0.1) is 23.0 Å². The lowest BCUT2D eigenvalue weighted by Gasteiger charge is -2.35. The number of imidazole rings is 1. The van der Waals surface area contributed by atoms with Gasteiger partial charge in [0.15, 0.2) is 5.82 Å². The summed E-state index contributed by atoms with van der Waals surface area (Å²) in [7, 11) is 0. The van der Waals surface area contributed by atoms with E-state index in [1.165, 1.54) is 6.20 Å². The molecule has 1 saturated heterocycles. The Morgan fingerprint density at radius 1 is 1.57 bits per heavy atom. The van der Waals surface area contributed by atoms with Crippen molar-refractivity contribution in [2.24, 2.45) is 5.92 Å². The van der Waals surface area contributed by atoms with Crippen LogP contribution in [0.1, 0.15) is 25.6 Å². The van der Waals surface area contributed by atoms with Gasteiger partial charge in [-0.3, -0.25) is 9.69 Å². The molecule has 2 rings (SSSR count). The number of carboxylic acids is 1. The van der Waals surface area contributed by atoms with Gasteiger partial charge in [0.25, 0.3) is 0 Å². The van der Waals surface area contributed by atoms with E-state index in [4.69, 9.17) is 5.11 Å². The number of hydrogen-bond donors (Lipinski definition) is 1. The third-order valence-corrected chi connectivity index (χ3v) is 4.19. The van der Waals surface area contributed by atoms with E-state index in [1.54, 1.807) is 11.5 Å². The van der Waals surface area contributed by atoms with E-state index < -0.39 is 10.9 Å². The number of rotatable bonds is 5. The summed E-state index contributed by atoms with van der Waals surface area (Å²) in [6, 6.07) is 0.169. The number of aliphatic carboxylic acids is 1. The van der Waals surface area contributed by atoms with Gasteiger partial charge in [-0.2, -0.15) is 0 Å². The largest absolute Gasteiger partial charge is 0.481 e. The van der Waals surface area contributed by atoms with Gasteiger partial charge in [0.05, 0.1) is 5.92 Å². The Bertz CT molecular complexity index is 542. The lowest BCUT2D eigenvalue weighted by atomic mass is 9.92. The van der Waals surface area contributed by atoms with Crippen LogP contribution in [-0.4, -0.2) is 49.6 Å². The van der Waals surface area contributed by atoms with Gasteiger partial charge in [-0.25, -0.2) is 9.55 Å². The summed E-state index contributed by atoms with van der Waals surface area (Å²) in [5.74, 6) is -0.390. The normalized spacial score (nSPS) is 23.1. The minimum absolute atomic E-state index is 0.000532. The molecule has 1 aliphatic heterocycles. The van der Waals surface area contributed by atoms with E-state index in [9.17, 15) is 14.9 Å². The molecule has 0 amide bonds. The fraction of sp³-hybridized carbons (Fsp3) is 0.692. The van der Waals surface area contributed by atoms with Crippen molar-refractivity contribution in [1.29, 1.82) is 0 Å². The molecule has 0 radical (unpaired) electrons. The molecule has 2 unspecified atom stereocenters. The Balaban J connectivity index is 1.97. The molecule has 1 aromatic heterocycles. The first-order valence-corrected chi connectivity index (χ1v) is 7.03. The second-order valence-corrected chi connectivity index (χ2v) is 5.52. The molecule has 1 N–H and O–H groups in total. The highest BCUT2D eigenvalue weighted by molar-refractivity contribution is 5.70. The number of carboxylic acid groups (broad SMARTS) is 1. The summed E-state index contributed by atoms with van der Waals surface area (Å²) in [5, 5.41) is 20.0. The van der Waals surface area contributed by atoms with E-state index in [0.717, 1.165) is 0 Å². The first kappa shape index (κ1) is 15.4. The smallest absolute Gasteiger partial charge is 0.342 e. The maximum absolute atomic E-state index is 11.0. The molecule has 2 heterocycles. The van der Waals surface area contributed by atoms with E-state index >= 15 is 0 Å². The van der Waals surface area contributed by atoms with Gasteiger partial charge in [-0.1, -0.05) is 0 Å². The minimum atomic E-state index is -0.734. The van der Waals surface area contributed by atoms with Gasteiger partial charge in [0.1, 0.15) is 12.7 Å². The zero-order valence-electron chi connectivity index (χ0n) is 12.2. The molecule has 116 valence electrons. The highest BCUT2D eigenvalue weighted by atomic mass is 16.6. The van der Waals surface area contributed by atoms with E-state index in [1.807, 2.05) is 6.92 Å². The minimum Gasteiger partial charge on any atom is -0.481 e. The average molecular weight is 296 g/mol. The third kappa shape index (κ3) is 3.38. The molecule has 0 bridgehead atoms. The van der Waals surface area contributed by atoms with Gasteiger partial charge in [0, 0.05) is 19.5 Å². The van der Waals surface area contributed by atoms with Crippen molar-refractivity contribution >= 4 is 11.8 Å². The Morgan fingerprint density at radius 3 is 2.86 bits per heavy atom. The molecule has 8 heteroatoms. The molecule has 1 aromatic rings. The first-order chi connectivity index (χ1) is 9.90. The SMILES string of the molecule is Cc1ncc([N+](=O)[O-])n1CCN1CCC(C(=O)O)CC1C. The van der Waals surface area contributed by atoms with Crippen LogP contribution in [0.3, 0.4) is 0 Å². The highest BCUT2D eigenvalue weighted by Gasteiger charge is 2.30. The fourth-order valence-electron chi connectivity index (χ4n) is 2.88. The van der Waals surface area contributed by atoms with Crippen LogP contribution in [-0.2, 0) is 11.3 Å². The van der Waals surface area contributed by atoms with Crippen LogP contribution in [0.25, 0.3) is 0 Å². The summed E-state index contributed by atoms with van der Waals surface area (Å²) in [5.41, 5.74) is 0. The molecule has 0 saturated carbocycles. The van der Waals surface area contributed by atoms with Crippen molar-refractivity contribution in [2.45, 2.75) is 39.3 Å². The molecular formula is C13H20N4O4. The predicted octanol–water partition coefficient (Wildman–Crippen LogP) is 1.28. The Hall–Kier alpha value is -1.96. The Morgan fingerprint density at radius 2 is 2.29 bits per heavy atom. The van der Waals surface area contributed by atoms with Crippen LogP contribution >= 0.6 is 0 Å². The molecule has 0 spiro atoms. The van der Waals surface area contributed by atoms with Gasteiger partial charge in [-0.15, -0.1) is 0 Å². The summed E-state index contributed by atoms with van der Waals surface area (Å²) >= 11 is 0. The van der Waals surface area contributed by atoms with Crippen LogP contribution in [0.15, 0.2) is 6.20 Å². The van der Waals surface area contributed by atoms with Crippen molar-refractivity contribution < 1.29 is 14.8 Å². The number of likely N-dealkylation sites (tertiary alicyclic amines) is 1. The summed E-state index contributed by atoms with van der Waals surface area (Å²) in [4.78, 5) is 27.7. The van der Waals surface area contributed by atoms with E-state index in [-0.39, 0.29) is 17.8 Å². The highest BCUT2D eigenvalue weighted by Crippen LogP contribution is 2.23. The van der Waals surface area contributed by atoms with Gasteiger partial charge < -0.3 is 15.2 Å². The Labute approximate surface area is 122 Å². The van der Waals surface area contributed by atoms with Gasteiger partial charge in [0.2, 0.25) is 0 Å². The van der Waals surface area contributed by atoms with Crippen molar-refractivity contribution in [2.75, 3.05) is 13.1 Å². The molecule has 1 fully saturated rings. The fourth-order valence-corrected chi connectivity index (χ4v) is 2.88. The summed E-state index contributed by atoms with van der Waals surface area (Å²) in [6.07, 6.45) is 2.53. The molecule has 0 aromatic carbocycles. The molecule has 8 nitrogen and oxygen atoms in total. The predicted molar refractivity (Wildman–Crippen MR) is 75.0 cm³/mol. The maximum atomic E-state index is 11.0. The van der Waals surface area contributed by atoms with Gasteiger partial charge in [-0.05, 0) is 31.2 Å². The zero-order valence-corrected chi connectivity index (χ0v) is 12.2. The standard InChI is InChI=1S/C13H20N4O4/c1-9-7-11(13(18)19)3-4-15(9)5-6-16-10(2)14-8-12(16)17(20)21/h8-9,11H,3-7H2,1-2H3,(H,18,19). The number of aromatic nitrogens is 2. The number of nitro groups is 1. The first-order valence-electron chi connectivity index (χ1n) is 7.03. The third-order valence-electron chi connectivity index (χ3n) is 4.19. The number of hydrogen-bond acceptors (Lipinski definition) is 5. The van der Waals surface area contributed by atoms with E-state index in [0.29, 0.717) is 38.3 Å². The number of carbonyl (C=O) groups is 1. The van der Waals surface area contributed by atoms with Crippen molar-refractivity contribution in [3.8, 4) is 0 Å². The van der Waals surface area contributed by atoms with Gasteiger partial charge >= 0.3 is 11.8 Å². The number of piperidine rings is 1. The monoisotopic (exact) mass is 296 g/mol. The molecular weight excluding hydrogens is 276 g/mol. The van der Waals surface area contributed by atoms with Crippen LogP contribution in [0.2, 0.25) is 0 Å². The summed E-state index contributed by atoms with van der Waals surface area (Å²) < 4.78 is 1.59. The number of aryl methyl sites for hydroxylation is 1. The maximum Gasteiger partial charge on any atom is 0.342 e. The zero-order chi connectivity index (χ0) is 15.6. The second-order valence-electron chi connectivity index (χ2n) is 5.52. The molecule has 21 heavy (non-hydrogen) atoms. The summed E-state index contributed by atoms with van der Waals surface area (Å²) in [6.45, 7) is 5.60. The van der Waals surface area contributed by atoms with Crippen LogP contribution in [0.5, 0.6) is 0 Å². The quantitative estimate of drug-likeness (QED) is 0.649. The van der Waals surface area contributed by atoms with Crippen molar-refractivity contribution in [3.63, 3.8) is 0 Å². The molecule has 2 atom stereocenters. The lowest BCUT2D eigenvalue weighted by molar-refractivity contribution is -0.392. The molecule has 0 aliphatic carbocycles. The average Bonchev–Trinajstić information content (AvgIpc) is 2.78. The molecule has 1 aliphatic rings. The van der Waals surface area contributed by atoms with Crippen molar-refractivity contribution in [3.05, 3.63) is 22.1 Å². The number of nitrogens with zero attached hydrogens (tertiary/aromatic N) is 4. The van der Waals surface area contributed by atoms with E-state index in [2.05, 4.69) is 9.88 Å². The van der Waals surface area contributed by atoms with Crippen molar-refractivity contribution in [1.82, 2.24) is 14.5 Å².